The number of alkyl halides is 3. The number of nitrogens with zero attached hydrogens (tertiary/aromatic N) is 1. The van der Waals surface area contributed by atoms with Crippen LogP contribution in [0.3, 0.4) is 0 Å². The van der Waals surface area contributed by atoms with Crippen LogP contribution in [0, 0.1) is 0 Å². The SMILES string of the molecule is O=C(O)c1cccc(-c2cc3c(NC4CCS(=O)(=O)CC4)cccc3n2C(F)C(F)F)c1. The van der Waals surface area contributed by atoms with E-state index in [2.05, 4.69) is 5.32 Å². The lowest BCUT2D eigenvalue weighted by Crippen LogP contribution is -2.32. The zero-order chi connectivity index (χ0) is 23.0. The second kappa shape index (κ2) is 8.50. The number of benzene rings is 2. The lowest BCUT2D eigenvalue weighted by atomic mass is 10.1. The average molecular weight is 466 g/mol. The molecular weight excluding hydrogens is 445 g/mol. The van der Waals surface area contributed by atoms with Crippen molar-refractivity contribution < 1.29 is 31.5 Å². The summed E-state index contributed by atoms with van der Waals surface area (Å²) in [4.78, 5) is 11.4. The molecule has 0 bridgehead atoms. The largest absolute Gasteiger partial charge is 0.478 e. The third-order valence-electron chi connectivity index (χ3n) is 5.66. The van der Waals surface area contributed by atoms with Crippen molar-refractivity contribution in [2.45, 2.75) is 31.6 Å². The molecule has 4 rings (SSSR count). The molecule has 1 fully saturated rings. The van der Waals surface area contributed by atoms with Crippen LogP contribution in [0.4, 0.5) is 18.9 Å². The first-order valence-electron chi connectivity index (χ1n) is 10.0. The Bertz CT molecular complexity index is 1260. The molecule has 0 saturated carbocycles. The van der Waals surface area contributed by atoms with Gasteiger partial charge in [-0.1, -0.05) is 18.2 Å². The predicted molar refractivity (Wildman–Crippen MR) is 116 cm³/mol. The van der Waals surface area contributed by atoms with Crippen LogP contribution < -0.4 is 5.32 Å². The van der Waals surface area contributed by atoms with E-state index < -0.39 is 28.5 Å². The quantitative estimate of drug-likeness (QED) is 0.549. The number of rotatable bonds is 6. The molecule has 1 saturated heterocycles. The molecule has 0 radical (unpaired) electrons. The second-order valence-electron chi connectivity index (χ2n) is 7.80. The molecule has 6 nitrogen and oxygen atoms in total. The lowest BCUT2D eigenvalue weighted by molar-refractivity contribution is 0.0115. The number of sulfone groups is 1. The van der Waals surface area contributed by atoms with Crippen LogP contribution in [-0.4, -0.2) is 48.0 Å². The normalized spacial score (nSPS) is 17.5. The van der Waals surface area contributed by atoms with Crippen LogP contribution in [0.5, 0.6) is 0 Å². The van der Waals surface area contributed by atoms with Gasteiger partial charge >= 0.3 is 5.97 Å². The molecular formula is C22H21F3N2O4S. The molecule has 0 amide bonds. The van der Waals surface area contributed by atoms with Crippen molar-refractivity contribution in [2.24, 2.45) is 0 Å². The molecule has 1 atom stereocenters. The Morgan fingerprint density at radius 2 is 1.75 bits per heavy atom. The monoisotopic (exact) mass is 466 g/mol. The van der Waals surface area contributed by atoms with E-state index in [1.807, 2.05) is 0 Å². The summed E-state index contributed by atoms with van der Waals surface area (Å²) in [6.45, 7) is 0. The number of aromatic nitrogens is 1. The molecule has 1 unspecified atom stereocenters. The van der Waals surface area contributed by atoms with Crippen molar-refractivity contribution in [3.05, 3.63) is 54.1 Å². The Morgan fingerprint density at radius 3 is 2.41 bits per heavy atom. The summed E-state index contributed by atoms with van der Waals surface area (Å²) in [5.41, 5.74) is 1.16. The highest BCUT2D eigenvalue weighted by Gasteiger charge is 2.28. The molecule has 32 heavy (non-hydrogen) atoms. The molecule has 1 aliphatic heterocycles. The number of halogens is 3. The first-order valence-corrected chi connectivity index (χ1v) is 11.9. The Hall–Kier alpha value is -3.01. The van der Waals surface area contributed by atoms with E-state index in [9.17, 15) is 31.5 Å². The van der Waals surface area contributed by atoms with Gasteiger partial charge in [0.15, 0.2) is 0 Å². The molecule has 1 aliphatic rings. The highest BCUT2D eigenvalue weighted by atomic mass is 32.2. The highest BCUT2D eigenvalue weighted by Crippen LogP contribution is 2.38. The van der Waals surface area contributed by atoms with Crippen LogP contribution in [-0.2, 0) is 9.84 Å². The van der Waals surface area contributed by atoms with Crippen LogP contribution in [0.1, 0.15) is 29.5 Å². The molecule has 2 heterocycles. The molecule has 2 aromatic carbocycles. The summed E-state index contributed by atoms with van der Waals surface area (Å²) in [6.07, 6.45) is -5.09. The zero-order valence-corrected chi connectivity index (χ0v) is 17.7. The maximum atomic E-state index is 14.7. The Morgan fingerprint density at radius 1 is 1.06 bits per heavy atom. The summed E-state index contributed by atoms with van der Waals surface area (Å²) >= 11 is 0. The minimum atomic E-state index is -3.29. The van der Waals surface area contributed by atoms with Crippen LogP contribution in [0.2, 0.25) is 0 Å². The first-order chi connectivity index (χ1) is 15.2. The molecule has 2 N–H and O–H groups in total. The van der Waals surface area contributed by atoms with E-state index in [1.165, 1.54) is 30.3 Å². The van der Waals surface area contributed by atoms with Gasteiger partial charge in [0.2, 0.25) is 6.30 Å². The summed E-state index contributed by atoms with van der Waals surface area (Å²) in [5.74, 6) is -1.06. The van der Waals surface area contributed by atoms with Crippen LogP contribution in [0.25, 0.3) is 22.2 Å². The van der Waals surface area contributed by atoms with Gasteiger partial charge in [-0.25, -0.2) is 26.4 Å². The Balaban J connectivity index is 1.82. The molecule has 1 aromatic heterocycles. The van der Waals surface area contributed by atoms with Gasteiger partial charge in [0.1, 0.15) is 9.84 Å². The number of carboxylic acids is 1. The number of carbonyl (C=O) groups is 1. The van der Waals surface area contributed by atoms with Gasteiger partial charge in [-0.2, -0.15) is 0 Å². The van der Waals surface area contributed by atoms with Gasteiger partial charge in [0.05, 0.1) is 28.3 Å². The minimum Gasteiger partial charge on any atom is -0.478 e. The number of hydrogen-bond donors (Lipinski definition) is 2. The fourth-order valence-electron chi connectivity index (χ4n) is 4.04. The van der Waals surface area contributed by atoms with Gasteiger partial charge < -0.3 is 15.0 Å². The summed E-state index contributed by atoms with van der Waals surface area (Å²) in [6, 6.07) is 12.0. The fourth-order valence-corrected chi connectivity index (χ4v) is 5.53. The molecule has 0 aliphatic carbocycles. The smallest absolute Gasteiger partial charge is 0.335 e. The topological polar surface area (TPSA) is 88.4 Å². The minimum absolute atomic E-state index is 0.0477. The van der Waals surface area contributed by atoms with Crippen LogP contribution >= 0.6 is 0 Å². The maximum absolute atomic E-state index is 14.7. The van der Waals surface area contributed by atoms with E-state index in [4.69, 9.17) is 0 Å². The third kappa shape index (κ3) is 4.32. The van der Waals surface area contributed by atoms with Crippen molar-refractivity contribution in [1.29, 1.82) is 0 Å². The van der Waals surface area contributed by atoms with Crippen molar-refractivity contribution in [2.75, 3.05) is 16.8 Å². The molecule has 10 heteroatoms. The number of carboxylic acid groups (broad SMARTS) is 1. The zero-order valence-electron chi connectivity index (χ0n) is 16.8. The Labute approximate surface area is 182 Å². The predicted octanol–water partition coefficient (Wildman–Crippen LogP) is 4.73. The van der Waals surface area contributed by atoms with Crippen molar-refractivity contribution in [3.8, 4) is 11.3 Å². The third-order valence-corrected chi connectivity index (χ3v) is 7.37. The van der Waals surface area contributed by atoms with Crippen molar-refractivity contribution in [1.82, 2.24) is 4.57 Å². The van der Waals surface area contributed by atoms with Crippen molar-refractivity contribution >= 4 is 32.4 Å². The standard InChI is InChI=1S/C22H21F3N2O4S/c23-20(24)21(25)27-18-6-2-5-17(26-15-7-9-32(30,31)10-8-15)16(18)12-19(27)13-3-1-4-14(11-13)22(28)29/h1-6,11-12,15,20-21,26H,7-10H2,(H,28,29). The van der Waals surface area contributed by atoms with E-state index in [-0.39, 0.29) is 34.3 Å². The van der Waals surface area contributed by atoms with Crippen LogP contribution in [0.15, 0.2) is 48.5 Å². The van der Waals surface area contributed by atoms with Crippen molar-refractivity contribution in [3.63, 3.8) is 0 Å². The number of anilines is 1. The molecule has 3 aromatic rings. The summed E-state index contributed by atoms with van der Waals surface area (Å²) < 4.78 is 65.8. The van der Waals surface area contributed by atoms with E-state index in [1.54, 1.807) is 18.2 Å². The van der Waals surface area contributed by atoms with Gasteiger partial charge in [0, 0.05) is 17.1 Å². The fraction of sp³-hybridized carbons (Fsp3) is 0.318. The van der Waals surface area contributed by atoms with Gasteiger partial charge in [0.25, 0.3) is 6.43 Å². The van der Waals surface area contributed by atoms with E-state index in [0.717, 1.165) is 4.57 Å². The number of nitrogens with one attached hydrogen (secondary N) is 1. The Kier molecular flexibility index (Phi) is 5.89. The summed E-state index contributed by atoms with van der Waals surface area (Å²) in [5, 5.41) is 13.0. The molecule has 170 valence electrons. The van der Waals surface area contributed by atoms with Gasteiger partial charge in [-0.05, 0) is 48.7 Å². The maximum Gasteiger partial charge on any atom is 0.335 e. The highest BCUT2D eigenvalue weighted by molar-refractivity contribution is 7.91. The van der Waals surface area contributed by atoms with E-state index >= 15 is 0 Å². The summed E-state index contributed by atoms with van der Waals surface area (Å²) in [7, 11) is -3.05. The molecule has 0 spiro atoms. The number of fused-ring (bicyclic) bond motifs is 1. The number of aromatic carboxylic acids is 1. The lowest BCUT2D eigenvalue weighted by Gasteiger charge is -2.24. The average Bonchev–Trinajstić information content (AvgIpc) is 3.15. The first kappa shape index (κ1) is 22.2. The van der Waals surface area contributed by atoms with E-state index in [0.29, 0.717) is 29.5 Å². The second-order valence-corrected chi connectivity index (χ2v) is 10.1. The van der Waals surface area contributed by atoms with Gasteiger partial charge in [-0.15, -0.1) is 0 Å². The number of hydrogen-bond acceptors (Lipinski definition) is 4. The van der Waals surface area contributed by atoms with Gasteiger partial charge in [-0.3, -0.25) is 0 Å².